The van der Waals surface area contributed by atoms with E-state index >= 15 is 0 Å². The number of aromatic nitrogens is 3. The molecule has 4 aromatic rings. The van der Waals surface area contributed by atoms with Gasteiger partial charge in [0.05, 0.1) is 17.1 Å². The van der Waals surface area contributed by atoms with Gasteiger partial charge >= 0.3 is 0 Å². The van der Waals surface area contributed by atoms with E-state index in [1.165, 1.54) is 6.07 Å². The normalized spacial score (nSPS) is 11.6. The fraction of sp³-hybridized carbons (Fsp3) is 0.240. The van der Waals surface area contributed by atoms with Crippen LogP contribution < -0.4 is 10.2 Å². The largest absolute Gasteiger partial charge is 0.378 e. The molecule has 176 valence electrons. The van der Waals surface area contributed by atoms with Crippen molar-refractivity contribution in [2.75, 3.05) is 25.3 Å². The summed E-state index contributed by atoms with van der Waals surface area (Å²) in [7, 11) is 0.577. The van der Waals surface area contributed by atoms with E-state index in [1.54, 1.807) is 19.1 Å². The number of benzene rings is 2. The molecular formula is C25H27N5O3S. The lowest BCUT2D eigenvalue weighted by molar-refractivity contribution is 0.0949. The van der Waals surface area contributed by atoms with Gasteiger partial charge in [0.1, 0.15) is 11.3 Å². The summed E-state index contributed by atoms with van der Waals surface area (Å²) < 4.78 is 23.9. The molecule has 2 aromatic heterocycles. The van der Waals surface area contributed by atoms with Gasteiger partial charge in [-0.15, -0.1) is 0 Å². The molecule has 2 N–H and O–H groups in total. The number of sulfone groups is 1. The minimum absolute atomic E-state index is 0.147. The van der Waals surface area contributed by atoms with E-state index < -0.39 is 9.84 Å². The van der Waals surface area contributed by atoms with Crippen molar-refractivity contribution < 1.29 is 13.2 Å². The van der Waals surface area contributed by atoms with Crippen molar-refractivity contribution in [2.45, 2.75) is 25.3 Å². The fourth-order valence-corrected chi connectivity index (χ4v) is 4.74. The van der Waals surface area contributed by atoms with Gasteiger partial charge in [-0.05, 0) is 61.4 Å². The number of hydrogen-bond acceptors (Lipinski definition) is 6. The molecule has 0 bridgehead atoms. The lowest BCUT2D eigenvalue weighted by atomic mass is 10.0. The maximum absolute atomic E-state index is 12.6. The zero-order valence-electron chi connectivity index (χ0n) is 19.8. The summed E-state index contributed by atoms with van der Waals surface area (Å²) in [5.41, 5.74) is 6.29. The number of nitrogens with zero attached hydrogens (tertiary/aromatic N) is 3. The molecule has 0 fully saturated rings. The number of aromatic amines is 1. The number of pyridine rings is 1. The highest BCUT2D eigenvalue weighted by Gasteiger charge is 2.15. The summed E-state index contributed by atoms with van der Waals surface area (Å²) in [6, 6.07) is 14.7. The zero-order chi connectivity index (χ0) is 24.6. The van der Waals surface area contributed by atoms with Crippen molar-refractivity contribution in [3.8, 4) is 11.3 Å². The molecular weight excluding hydrogens is 450 g/mol. The number of H-pyrrole nitrogens is 1. The number of nitrogens with one attached hydrogen (secondary N) is 2. The predicted octanol–water partition coefficient (Wildman–Crippen LogP) is 3.64. The Morgan fingerprint density at radius 1 is 1.00 bits per heavy atom. The average molecular weight is 478 g/mol. The van der Waals surface area contributed by atoms with Crippen LogP contribution in [0.1, 0.15) is 27.3 Å². The Hall–Kier alpha value is -3.72. The molecule has 0 saturated carbocycles. The molecule has 0 aliphatic rings. The Morgan fingerprint density at radius 2 is 1.74 bits per heavy atom. The van der Waals surface area contributed by atoms with Crippen molar-refractivity contribution in [1.29, 1.82) is 0 Å². The van der Waals surface area contributed by atoms with Crippen LogP contribution in [-0.2, 0) is 16.4 Å². The van der Waals surface area contributed by atoms with Gasteiger partial charge < -0.3 is 15.2 Å². The topological polar surface area (TPSA) is 108 Å². The standard InChI is InChI=1S/C25H27N5O3S/c1-15-7-9-18(30(3)4)13-19(15)20-10-11-21-24(28-20)29-23(27-21)14-26-25(31)17-8-6-16(2)22(12-17)34(5,32)33/h6-13H,14H2,1-5H3,(H,26,31)(H,27,28,29). The molecule has 8 nitrogen and oxygen atoms in total. The number of carbonyl (C=O) groups is 1. The van der Waals surface area contributed by atoms with E-state index in [4.69, 9.17) is 4.98 Å². The first kappa shape index (κ1) is 23.4. The summed E-state index contributed by atoms with van der Waals surface area (Å²) in [6.07, 6.45) is 1.13. The average Bonchev–Trinajstić information content (AvgIpc) is 3.19. The van der Waals surface area contributed by atoms with Gasteiger partial charge in [0, 0.05) is 37.2 Å². The lowest BCUT2D eigenvalue weighted by Gasteiger charge is -2.15. The molecule has 0 aliphatic heterocycles. The monoisotopic (exact) mass is 477 g/mol. The molecule has 0 radical (unpaired) electrons. The molecule has 0 saturated heterocycles. The molecule has 0 atom stereocenters. The predicted molar refractivity (Wildman–Crippen MR) is 134 cm³/mol. The number of carbonyl (C=O) groups excluding carboxylic acids is 1. The van der Waals surface area contributed by atoms with Crippen LogP contribution in [0, 0.1) is 13.8 Å². The summed E-state index contributed by atoms with van der Waals surface area (Å²) in [5.74, 6) is 0.178. The van der Waals surface area contributed by atoms with Crippen LogP contribution in [0.25, 0.3) is 22.4 Å². The Morgan fingerprint density at radius 3 is 2.44 bits per heavy atom. The van der Waals surface area contributed by atoms with Crippen LogP contribution in [0.3, 0.4) is 0 Å². The Labute approximate surface area is 199 Å². The van der Waals surface area contributed by atoms with Gasteiger partial charge in [0.15, 0.2) is 15.5 Å². The summed E-state index contributed by atoms with van der Waals surface area (Å²) in [5, 5.41) is 2.79. The van der Waals surface area contributed by atoms with Crippen molar-refractivity contribution in [3.63, 3.8) is 0 Å². The van der Waals surface area contributed by atoms with E-state index in [1.807, 2.05) is 31.1 Å². The molecule has 0 aliphatic carbocycles. The van der Waals surface area contributed by atoms with E-state index in [9.17, 15) is 13.2 Å². The molecule has 9 heteroatoms. The Bertz CT molecular complexity index is 1510. The van der Waals surface area contributed by atoms with Crippen LogP contribution in [-0.4, -0.2) is 49.6 Å². The minimum atomic E-state index is -3.42. The van der Waals surface area contributed by atoms with Crippen LogP contribution in [0.5, 0.6) is 0 Å². The smallest absolute Gasteiger partial charge is 0.251 e. The summed E-state index contributed by atoms with van der Waals surface area (Å²) in [4.78, 5) is 27.2. The SMILES string of the molecule is Cc1ccc(N(C)C)cc1-c1ccc2nc(CNC(=O)c3ccc(C)c(S(C)(=O)=O)c3)[nH]c2n1. The van der Waals surface area contributed by atoms with Crippen molar-refractivity contribution >= 4 is 32.6 Å². The van der Waals surface area contributed by atoms with Gasteiger partial charge in [-0.3, -0.25) is 4.79 Å². The number of aryl methyl sites for hydroxylation is 2. The van der Waals surface area contributed by atoms with Crippen LogP contribution in [0.4, 0.5) is 5.69 Å². The van der Waals surface area contributed by atoms with E-state index in [0.29, 0.717) is 22.6 Å². The minimum Gasteiger partial charge on any atom is -0.378 e. The van der Waals surface area contributed by atoms with Crippen molar-refractivity contribution in [3.05, 3.63) is 71.0 Å². The molecule has 4 rings (SSSR count). The van der Waals surface area contributed by atoms with Gasteiger partial charge in [-0.25, -0.2) is 18.4 Å². The number of hydrogen-bond donors (Lipinski definition) is 2. The van der Waals surface area contributed by atoms with Crippen LogP contribution in [0.2, 0.25) is 0 Å². The first-order valence-electron chi connectivity index (χ1n) is 10.8. The number of fused-ring (bicyclic) bond motifs is 1. The molecule has 2 aromatic carbocycles. The highest BCUT2D eigenvalue weighted by molar-refractivity contribution is 7.90. The van der Waals surface area contributed by atoms with E-state index in [0.717, 1.165) is 28.8 Å². The van der Waals surface area contributed by atoms with E-state index in [2.05, 4.69) is 40.4 Å². The molecule has 0 spiro atoms. The first-order chi connectivity index (χ1) is 16.0. The number of anilines is 1. The molecule has 1 amide bonds. The fourth-order valence-electron chi connectivity index (χ4n) is 3.75. The highest BCUT2D eigenvalue weighted by Crippen LogP contribution is 2.27. The van der Waals surface area contributed by atoms with Gasteiger partial charge in [-0.1, -0.05) is 12.1 Å². The Balaban J connectivity index is 1.55. The van der Waals surface area contributed by atoms with Crippen molar-refractivity contribution in [1.82, 2.24) is 20.3 Å². The van der Waals surface area contributed by atoms with E-state index in [-0.39, 0.29) is 22.9 Å². The number of imidazole rings is 1. The molecule has 34 heavy (non-hydrogen) atoms. The van der Waals surface area contributed by atoms with Crippen LogP contribution >= 0.6 is 0 Å². The third kappa shape index (κ3) is 4.79. The molecule has 0 unspecified atom stereocenters. The quantitative estimate of drug-likeness (QED) is 0.439. The number of rotatable bonds is 6. The Kier molecular flexibility index (Phi) is 6.14. The second-order valence-corrected chi connectivity index (χ2v) is 10.6. The van der Waals surface area contributed by atoms with Gasteiger partial charge in [0.2, 0.25) is 0 Å². The van der Waals surface area contributed by atoms with Gasteiger partial charge in [0.25, 0.3) is 5.91 Å². The third-order valence-electron chi connectivity index (χ3n) is 5.67. The second-order valence-electron chi connectivity index (χ2n) is 8.58. The third-order valence-corrected chi connectivity index (χ3v) is 6.91. The van der Waals surface area contributed by atoms with Gasteiger partial charge in [-0.2, -0.15) is 0 Å². The zero-order valence-corrected chi connectivity index (χ0v) is 20.6. The molecule has 2 heterocycles. The van der Waals surface area contributed by atoms with Crippen molar-refractivity contribution in [2.24, 2.45) is 0 Å². The summed E-state index contributed by atoms with van der Waals surface area (Å²) in [6.45, 7) is 3.91. The highest BCUT2D eigenvalue weighted by atomic mass is 32.2. The second kappa shape index (κ2) is 8.90. The maximum Gasteiger partial charge on any atom is 0.251 e. The first-order valence-corrected chi connectivity index (χ1v) is 12.6. The summed E-state index contributed by atoms with van der Waals surface area (Å²) >= 11 is 0. The van der Waals surface area contributed by atoms with Crippen LogP contribution in [0.15, 0.2) is 53.4 Å². The number of amides is 1. The maximum atomic E-state index is 12.6. The lowest BCUT2D eigenvalue weighted by Crippen LogP contribution is -2.23.